The van der Waals surface area contributed by atoms with Gasteiger partial charge in [-0.05, 0) is 31.0 Å². The zero-order valence-electron chi connectivity index (χ0n) is 11.9. The number of rotatable bonds is 7. The number of benzene rings is 1. The zero-order valence-corrected chi connectivity index (χ0v) is 12.8. The second-order valence-corrected chi connectivity index (χ2v) is 4.69. The van der Waals surface area contributed by atoms with Crippen LogP contribution in [-0.2, 0) is 17.7 Å². The minimum absolute atomic E-state index is 0. The molecule has 1 aliphatic rings. The highest BCUT2D eigenvalue weighted by Gasteiger charge is 2.15. The van der Waals surface area contributed by atoms with Gasteiger partial charge < -0.3 is 10.1 Å². The molecule has 0 aliphatic carbocycles. The second kappa shape index (κ2) is 8.41. The standard InChI is InChI=1S/C15H24N2O.ClH/c1-3-17(10-11-18-4-2)12-14-7-5-6-13-8-9-16-15(13)14;/h5-7,16H,3-4,8-12H2,1-2H3;1H. The van der Waals surface area contributed by atoms with Gasteiger partial charge in [0.25, 0.3) is 0 Å². The highest BCUT2D eigenvalue weighted by atomic mass is 35.5. The molecule has 0 spiro atoms. The minimum atomic E-state index is 0. The fourth-order valence-corrected chi connectivity index (χ4v) is 2.47. The van der Waals surface area contributed by atoms with Gasteiger partial charge in [-0.3, -0.25) is 4.90 Å². The van der Waals surface area contributed by atoms with E-state index in [0.29, 0.717) is 0 Å². The first-order valence-corrected chi connectivity index (χ1v) is 6.99. The topological polar surface area (TPSA) is 24.5 Å². The maximum absolute atomic E-state index is 5.44. The van der Waals surface area contributed by atoms with Crippen LogP contribution >= 0.6 is 12.4 Å². The lowest BCUT2D eigenvalue weighted by Crippen LogP contribution is -2.27. The van der Waals surface area contributed by atoms with Gasteiger partial charge in [0.15, 0.2) is 0 Å². The number of para-hydroxylation sites is 1. The van der Waals surface area contributed by atoms with Gasteiger partial charge >= 0.3 is 0 Å². The van der Waals surface area contributed by atoms with E-state index < -0.39 is 0 Å². The molecule has 1 N–H and O–H groups in total. The SMILES string of the molecule is CCOCCN(CC)Cc1cccc2c1NCC2.Cl. The van der Waals surface area contributed by atoms with Gasteiger partial charge in [0.2, 0.25) is 0 Å². The van der Waals surface area contributed by atoms with Crippen molar-refractivity contribution in [3.63, 3.8) is 0 Å². The number of fused-ring (bicyclic) bond motifs is 1. The summed E-state index contributed by atoms with van der Waals surface area (Å²) in [6.45, 7) is 10.1. The summed E-state index contributed by atoms with van der Waals surface area (Å²) in [6, 6.07) is 6.65. The molecule has 0 saturated carbocycles. The first-order chi connectivity index (χ1) is 8.85. The van der Waals surface area contributed by atoms with E-state index >= 15 is 0 Å². The van der Waals surface area contributed by atoms with Gasteiger partial charge in [-0.15, -0.1) is 12.4 Å². The molecule has 1 aromatic carbocycles. The molecule has 108 valence electrons. The zero-order chi connectivity index (χ0) is 12.8. The lowest BCUT2D eigenvalue weighted by molar-refractivity contribution is 0.113. The molecule has 0 saturated heterocycles. The number of nitrogens with one attached hydrogen (secondary N) is 1. The van der Waals surface area contributed by atoms with E-state index in [0.717, 1.165) is 45.8 Å². The molecule has 1 heterocycles. The highest BCUT2D eigenvalue weighted by molar-refractivity contribution is 5.85. The van der Waals surface area contributed by atoms with E-state index in [-0.39, 0.29) is 12.4 Å². The van der Waals surface area contributed by atoms with Crippen LogP contribution in [0, 0.1) is 0 Å². The smallest absolute Gasteiger partial charge is 0.0593 e. The van der Waals surface area contributed by atoms with Crippen LogP contribution in [0.4, 0.5) is 5.69 Å². The normalized spacial score (nSPS) is 13.0. The predicted octanol–water partition coefficient (Wildman–Crippen LogP) is 2.93. The molecule has 0 amide bonds. The molecule has 3 nitrogen and oxygen atoms in total. The van der Waals surface area contributed by atoms with Crippen molar-refractivity contribution in [2.24, 2.45) is 0 Å². The van der Waals surface area contributed by atoms with E-state index in [2.05, 4.69) is 35.3 Å². The molecule has 2 rings (SSSR count). The van der Waals surface area contributed by atoms with Crippen LogP contribution in [0.5, 0.6) is 0 Å². The largest absolute Gasteiger partial charge is 0.384 e. The number of ether oxygens (including phenoxy) is 1. The van der Waals surface area contributed by atoms with Crippen molar-refractivity contribution in [1.29, 1.82) is 0 Å². The van der Waals surface area contributed by atoms with Crippen molar-refractivity contribution in [1.82, 2.24) is 4.90 Å². The average Bonchev–Trinajstić information content (AvgIpc) is 2.87. The second-order valence-electron chi connectivity index (χ2n) is 4.69. The maximum atomic E-state index is 5.44. The summed E-state index contributed by atoms with van der Waals surface area (Å²) in [5.74, 6) is 0. The summed E-state index contributed by atoms with van der Waals surface area (Å²) in [6.07, 6.45) is 1.16. The molecule has 0 fully saturated rings. The first-order valence-electron chi connectivity index (χ1n) is 6.99. The van der Waals surface area contributed by atoms with Crippen LogP contribution < -0.4 is 5.32 Å². The first kappa shape index (κ1) is 16.3. The maximum Gasteiger partial charge on any atom is 0.0593 e. The van der Waals surface area contributed by atoms with Crippen LogP contribution in [0.1, 0.15) is 25.0 Å². The summed E-state index contributed by atoms with van der Waals surface area (Å²) < 4.78 is 5.44. The van der Waals surface area contributed by atoms with Crippen molar-refractivity contribution in [2.45, 2.75) is 26.8 Å². The van der Waals surface area contributed by atoms with Gasteiger partial charge in [-0.25, -0.2) is 0 Å². The van der Waals surface area contributed by atoms with Crippen molar-refractivity contribution in [3.05, 3.63) is 29.3 Å². The molecule has 0 unspecified atom stereocenters. The average molecular weight is 285 g/mol. The summed E-state index contributed by atoms with van der Waals surface area (Å²) in [5, 5.41) is 3.51. The van der Waals surface area contributed by atoms with Crippen LogP contribution in [0.15, 0.2) is 18.2 Å². The molecule has 0 aromatic heterocycles. The van der Waals surface area contributed by atoms with Crippen LogP contribution in [0.3, 0.4) is 0 Å². The fourth-order valence-electron chi connectivity index (χ4n) is 2.47. The molecule has 0 radical (unpaired) electrons. The van der Waals surface area contributed by atoms with Crippen molar-refractivity contribution >= 4 is 18.1 Å². The Balaban J connectivity index is 0.00000180. The Hall–Kier alpha value is -0.770. The predicted molar refractivity (Wildman–Crippen MR) is 83.3 cm³/mol. The number of likely N-dealkylation sites (N-methyl/N-ethyl adjacent to an activating group) is 1. The van der Waals surface area contributed by atoms with Crippen LogP contribution in [0.25, 0.3) is 0 Å². The fraction of sp³-hybridized carbons (Fsp3) is 0.600. The lowest BCUT2D eigenvalue weighted by atomic mass is 10.1. The minimum Gasteiger partial charge on any atom is -0.384 e. The Bertz CT molecular complexity index is 384. The van der Waals surface area contributed by atoms with Gasteiger partial charge in [0, 0.05) is 31.9 Å². The van der Waals surface area contributed by atoms with Crippen molar-refractivity contribution in [3.8, 4) is 0 Å². The Labute approximate surface area is 122 Å². The third-order valence-corrected chi connectivity index (χ3v) is 3.53. The summed E-state index contributed by atoms with van der Waals surface area (Å²) in [4.78, 5) is 2.44. The Morgan fingerprint density at radius 2 is 2.16 bits per heavy atom. The Kier molecular flexibility index (Phi) is 7.21. The van der Waals surface area contributed by atoms with Gasteiger partial charge in [0.05, 0.1) is 6.61 Å². The third-order valence-electron chi connectivity index (χ3n) is 3.53. The van der Waals surface area contributed by atoms with Crippen molar-refractivity contribution < 1.29 is 4.74 Å². The molecule has 0 atom stereocenters. The summed E-state index contributed by atoms with van der Waals surface area (Å²) >= 11 is 0. The van der Waals surface area contributed by atoms with E-state index in [9.17, 15) is 0 Å². The van der Waals surface area contributed by atoms with Crippen LogP contribution in [0.2, 0.25) is 0 Å². The van der Waals surface area contributed by atoms with Gasteiger partial charge in [-0.1, -0.05) is 25.1 Å². The van der Waals surface area contributed by atoms with E-state index in [1.54, 1.807) is 0 Å². The summed E-state index contributed by atoms with van der Waals surface area (Å²) in [5.41, 5.74) is 4.25. The lowest BCUT2D eigenvalue weighted by Gasteiger charge is -2.21. The monoisotopic (exact) mass is 284 g/mol. The molecule has 19 heavy (non-hydrogen) atoms. The third kappa shape index (κ3) is 4.37. The number of nitrogens with zero attached hydrogens (tertiary/aromatic N) is 1. The van der Waals surface area contributed by atoms with Gasteiger partial charge in [-0.2, -0.15) is 0 Å². The molecular formula is C15H25ClN2O. The quantitative estimate of drug-likeness (QED) is 0.779. The molecule has 4 heteroatoms. The highest BCUT2D eigenvalue weighted by Crippen LogP contribution is 2.27. The summed E-state index contributed by atoms with van der Waals surface area (Å²) in [7, 11) is 0. The number of hydrogen-bond acceptors (Lipinski definition) is 3. The Morgan fingerprint density at radius 1 is 1.32 bits per heavy atom. The molecule has 1 aromatic rings. The molecule has 0 bridgehead atoms. The molecular weight excluding hydrogens is 260 g/mol. The van der Waals surface area contributed by atoms with E-state index in [1.165, 1.54) is 16.8 Å². The number of anilines is 1. The Morgan fingerprint density at radius 3 is 2.89 bits per heavy atom. The van der Waals surface area contributed by atoms with E-state index in [4.69, 9.17) is 4.74 Å². The number of halogens is 1. The van der Waals surface area contributed by atoms with Crippen LogP contribution in [-0.4, -0.2) is 37.7 Å². The van der Waals surface area contributed by atoms with Crippen molar-refractivity contribution in [2.75, 3.05) is 38.2 Å². The molecule has 1 aliphatic heterocycles. The number of hydrogen-bond donors (Lipinski definition) is 1. The van der Waals surface area contributed by atoms with Gasteiger partial charge in [0.1, 0.15) is 0 Å². The van der Waals surface area contributed by atoms with E-state index in [1.807, 2.05) is 6.92 Å².